The molecule has 88 valence electrons. The maximum atomic E-state index is 13.3. The molecule has 0 radical (unpaired) electrons. The van der Waals surface area contributed by atoms with Crippen molar-refractivity contribution in [3.63, 3.8) is 0 Å². The number of nitro groups is 1. The van der Waals surface area contributed by atoms with Crippen molar-refractivity contribution in [1.29, 1.82) is 0 Å². The minimum Gasteiger partial charge on any atom is -0.258 e. The molecule has 0 fully saturated rings. The minimum atomic E-state index is -0.504. The largest absolute Gasteiger partial charge is 0.273 e. The van der Waals surface area contributed by atoms with Crippen LogP contribution in [0, 0.1) is 19.5 Å². The predicted octanol–water partition coefficient (Wildman–Crippen LogP) is 3.90. The number of alkyl halides is 1. The lowest BCUT2D eigenvalue weighted by atomic mass is 10.1. The van der Waals surface area contributed by atoms with Crippen molar-refractivity contribution in [2.75, 3.05) is 0 Å². The van der Waals surface area contributed by atoms with Gasteiger partial charge in [-0.2, -0.15) is 0 Å². The van der Waals surface area contributed by atoms with E-state index in [1.54, 1.807) is 22.6 Å². The topological polar surface area (TPSA) is 43.1 Å². The van der Waals surface area contributed by atoms with Crippen LogP contribution in [-0.4, -0.2) is 10.3 Å². The molecule has 0 aliphatic heterocycles. The molecule has 3 nitrogen and oxygen atoms in total. The fourth-order valence-electron chi connectivity index (χ4n) is 1.29. The van der Waals surface area contributed by atoms with Gasteiger partial charge in [-0.3, -0.25) is 10.1 Å². The quantitative estimate of drug-likeness (QED) is 0.355. The summed E-state index contributed by atoms with van der Waals surface area (Å²) in [6, 6.07) is 2.44. The van der Waals surface area contributed by atoms with Crippen LogP contribution < -0.4 is 0 Å². The lowest BCUT2D eigenvalue weighted by molar-refractivity contribution is -0.385. The van der Waals surface area contributed by atoms with Crippen LogP contribution >= 0.6 is 34.2 Å². The Morgan fingerprint density at radius 1 is 1.62 bits per heavy atom. The average Bonchev–Trinajstić information content (AvgIpc) is 2.22. The van der Waals surface area contributed by atoms with Crippen molar-refractivity contribution < 1.29 is 9.31 Å². The van der Waals surface area contributed by atoms with E-state index in [4.69, 9.17) is 11.6 Å². The molecular weight excluding hydrogens is 347 g/mol. The third-order valence-corrected chi connectivity index (χ3v) is 3.49. The molecule has 16 heavy (non-hydrogen) atoms. The number of halogens is 3. The number of rotatable bonds is 4. The summed E-state index contributed by atoms with van der Waals surface area (Å²) < 4.78 is 13.5. The zero-order chi connectivity index (χ0) is 12.3. The Bertz CT molecular complexity index is 414. The predicted molar refractivity (Wildman–Crippen MR) is 69.4 cm³/mol. The standard InChI is InChI=1S/C10H10ClFINO2/c1-2-7(11)3-6-4-8(12)9(13)5-10(6)14(15)16/h4-5,7H,2-3H2,1H3. The van der Waals surface area contributed by atoms with Gasteiger partial charge in [0.25, 0.3) is 5.69 Å². The number of benzene rings is 1. The first kappa shape index (κ1) is 13.6. The van der Waals surface area contributed by atoms with E-state index in [1.807, 2.05) is 6.92 Å². The van der Waals surface area contributed by atoms with Crippen LogP contribution in [0.1, 0.15) is 18.9 Å². The molecule has 0 saturated carbocycles. The average molecular weight is 358 g/mol. The second-order valence-corrected chi connectivity index (χ2v) is 5.14. The Balaban J connectivity index is 3.14. The van der Waals surface area contributed by atoms with Gasteiger partial charge in [-0.05, 0) is 41.5 Å². The summed E-state index contributed by atoms with van der Waals surface area (Å²) in [6.07, 6.45) is 0.995. The van der Waals surface area contributed by atoms with Crippen LogP contribution in [-0.2, 0) is 6.42 Å². The molecule has 1 rings (SSSR count). The van der Waals surface area contributed by atoms with Crippen molar-refractivity contribution in [3.8, 4) is 0 Å². The zero-order valence-corrected chi connectivity index (χ0v) is 11.5. The van der Waals surface area contributed by atoms with Crippen molar-refractivity contribution in [1.82, 2.24) is 0 Å². The van der Waals surface area contributed by atoms with Gasteiger partial charge in [0.05, 0.1) is 8.49 Å². The van der Waals surface area contributed by atoms with E-state index in [9.17, 15) is 14.5 Å². The normalized spacial score (nSPS) is 12.5. The van der Waals surface area contributed by atoms with E-state index in [0.29, 0.717) is 18.4 Å². The van der Waals surface area contributed by atoms with Gasteiger partial charge in [0.15, 0.2) is 0 Å². The fraction of sp³-hybridized carbons (Fsp3) is 0.400. The molecular formula is C10H10ClFINO2. The van der Waals surface area contributed by atoms with Gasteiger partial charge < -0.3 is 0 Å². The molecule has 1 aromatic carbocycles. The molecule has 1 atom stereocenters. The van der Waals surface area contributed by atoms with E-state index in [1.165, 1.54) is 12.1 Å². The molecule has 0 aliphatic carbocycles. The molecule has 0 heterocycles. The van der Waals surface area contributed by atoms with Crippen LogP contribution in [0.15, 0.2) is 12.1 Å². The number of nitro benzene ring substituents is 1. The SMILES string of the molecule is CCC(Cl)Cc1cc(F)c(I)cc1[N+](=O)[O-]. The summed E-state index contributed by atoms with van der Waals surface area (Å²) in [6.45, 7) is 1.88. The van der Waals surface area contributed by atoms with E-state index in [0.717, 1.165) is 0 Å². The summed E-state index contributed by atoms with van der Waals surface area (Å²) >= 11 is 7.65. The molecule has 1 aromatic rings. The Hall–Kier alpha value is -0.430. The second kappa shape index (κ2) is 5.77. The smallest absolute Gasteiger partial charge is 0.258 e. The van der Waals surface area contributed by atoms with E-state index < -0.39 is 10.7 Å². The molecule has 0 aliphatic rings. The Labute approximate surface area is 111 Å². The van der Waals surface area contributed by atoms with Crippen LogP contribution in [0.5, 0.6) is 0 Å². The Morgan fingerprint density at radius 2 is 2.25 bits per heavy atom. The molecule has 0 bridgehead atoms. The van der Waals surface area contributed by atoms with Gasteiger partial charge >= 0.3 is 0 Å². The van der Waals surface area contributed by atoms with Gasteiger partial charge in [-0.25, -0.2) is 4.39 Å². The van der Waals surface area contributed by atoms with Crippen molar-refractivity contribution in [3.05, 3.63) is 37.2 Å². The van der Waals surface area contributed by atoms with Gasteiger partial charge in [-0.15, -0.1) is 11.6 Å². The summed E-state index contributed by atoms with van der Waals surface area (Å²) in [5.74, 6) is -0.443. The van der Waals surface area contributed by atoms with Crippen LogP contribution in [0.3, 0.4) is 0 Å². The van der Waals surface area contributed by atoms with E-state index >= 15 is 0 Å². The number of nitrogens with zero attached hydrogens (tertiary/aromatic N) is 1. The number of hydrogen-bond donors (Lipinski definition) is 0. The number of hydrogen-bond acceptors (Lipinski definition) is 2. The van der Waals surface area contributed by atoms with Crippen molar-refractivity contribution in [2.45, 2.75) is 25.1 Å². The molecule has 0 N–H and O–H groups in total. The highest BCUT2D eigenvalue weighted by Gasteiger charge is 2.19. The molecule has 6 heteroatoms. The summed E-state index contributed by atoms with van der Waals surface area (Å²) in [5.41, 5.74) is 0.287. The van der Waals surface area contributed by atoms with Crippen LogP contribution in [0.2, 0.25) is 0 Å². The third kappa shape index (κ3) is 3.28. The first-order valence-electron chi connectivity index (χ1n) is 4.72. The van der Waals surface area contributed by atoms with Gasteiger partial charge in [0, 0.05) is 17.0 Å². The minimum absolute atomic E-state index is 0.0649. The highest BCUT2D eigenvalue weighted by atomic mass is 127. The highest BCUT2D eigenvalue weighted by Crippen LogP contribution is 2.26. The lowest BCUT2D eigenvalue weighted by Crippen LogP contribution is -2.05. The van der Waals surface area contributed by atoms with Gasteiger partial charge in [0.1, 0.15) is 5.82 Å². The third-order valence-electron chi connectivity index (χ3n) is 2.20. The van der Waals surface area contributed by atoms with Crippen LogP contribution in [0.25, 0.3) is 0 Å². The Morgan fingerprint density at radius 3 is 2.75 bits per heavy atom. The van der Waals surface area contributed by atoms with Crippen molar-refractivity contribution >= 4 is 39.9 Å². The summed E-state index contributed by atoms with van der Waals surface area (Å²) in [7, 11) is 0. The summed E-state index contributed by atoms with van der Waals surface area (Å²) in [5, 5.41) is 10.6. The van der Waals surface area contributed by atoms with Crippen molar-refractivity contribution in [2.24, 2.45) is 0 Å². The van der Waals surface area contributed by atoms with Gasteiger partial charge in [-0.1, -0.05) is 6.92 Å². The summed E-state index contributed by atoms with van der Waals surface area (Å²) in [4.78, 5) is 10.3. The molecule has 0 amide bonds. The maximum absolute atomic E-state index is 13.3. The van der Waals surface area contributed by atoms with E-state index in [2.05, 4.69) is 0 Å². The van der Waals surface area contributed by atoms with Crippen LogP contribution in [0.4, 0.5) is 10.1 Å². The molecule has 1 unspecified atom stereocenters. The molecule has 0 aromatic heterocycles. The van der Waals surface area contributed by atoms with Gasteiger partial charge in [0.2, 0.25) is 0 Å². The fourth-order valence-corrected chi connectivity index (χ4v) is 1.91. The first-order valence-corrected chi connectivity index (χ1v) is 6.23. The van der Waals surface area contributed by atoms with E-state index in [-0.39, 0.29) is 14.6 Å². The lowest BCUT2D eigenvalue weighted by Gasteiger charge is -2.08. The Kier molecular flexibility index (Phi) is 4.91. The zero-order valence-electron chi connectivity index (χ0n) is 8.54. The molecule has 0 saturated heterocycles. The maximum Gasteiger partial charge on any atom is 0.273 e. The monoisotopic (exact) mass is 357 g/mol. The second-order valence-electron chi connectivity index (χ2n) is 3.36. The molecule has 0 spiro atoms. The highest BCUT2D eigenvalue weighted by molar-refractivity contribution is 14.1. The first-order chi connectivity index (χ1) is 7.45.